The Labute approximate surface area is 73.0 Å². The molecule has 0 aromatic heterocycles. The molecule has 0 heterocycles. The van der Waals surface area contributed by atoms with Crippen molar-refractivity contribution in [2.24, 2.45) is 5.92 Å². The van der Waals surface area contributed by atoms with Crippen molar-refractivity contribution in [3.8, 4) is 0 Å². The lowest BCUT2D eigenvalue weighted by Gasteiger charge is -2.20. The van der Waals surface area contributed by atoms with Crippen LogP contribution < -0.4 is 0 Å². The molecular formula is C9H15O3. The molecule has 0 aromatic carbocycles. The molecule has 1 radical (unpaired) electrons. The van der Waals surface area contributed by atoms with Crippen molar-refractivity contribution in [2.75, 3.05) is 6.61 Å². The van der Waals surface area contributed by atoms with E-state index >= 15 is 0 Å². The first kappa shape index (κ1) is 9.36. The van der Waals surface area contributed by atoms with Crippen molar-refractivity contribution in [3.63, 3.8) is 0 Å². The van der Waals surface area contributed by atoms with E-state index in [4.69, 9.17) is 4.74 Å². The summed E-state index contributed by atoms with van der Waals surface area (Å²) < 4.78 is 8.94. The van der Waals surface area contributed by atoms with Crippen molar-refractivity contribution < 1.29 is 14.3 Å². The zero-order chi connectivity index (χ0) is 8.81. The Hall–Kier alpha value is -0.730. The van der Waals surface area contributed by atoms with Gasteiger partial charge in [-0.1, -0.05) is 19.3 Å². The summed E-state index contributed by atoms with van der Waals surface area (Å²) in [5, 5.41) is 0. The third kappa shape index (κ3) is 3.11. The molecule has 3 heteroatoms. The molecule has 0 unspecified atom stereocenters. The van der Waals surface area contributed by atoms with Crippen LogP contribution in [-0.4, -0.2) is 12.8 Å². The highest BCUT2D eigenvalue weighted by Crippen LogP contribution is 2.23. The third-order valence-corrected chi connectivity index (χ3v) is 2.28. The summed E-state index contributed by atoms with van der Waals surface area (Å²) in [6, 6.07) is 0. The molecule has 0 saturated heterocycles. The highest BCUT2D eigenvalue weighted by atomic mass is 16.7. The Balaban J connectivity index is 2.09. The largest absolute Gasteiger partial charge is 0.508 e. The molecule has 0 spiro atoms. The van der Waals surface area contributed by atoms with Gasteiger partial charge >= 0.3 is 6.16 Å². The summed E-state index contributed by atoms with van der Waals surface area (Å²) in [5.74, 6) is 0.540. The van der Waals surface area contributed by atoms with Crippen molar-refractivity contribution in [1.82, 2.24) is 0 Å². The van der Waals surface area contributed by atoms with Gasteiger partial charge < -0.3 is 9.47 Å². The number of ether oxygens (including phenoxy) is 2. The fourth-order valence-corrected chi connectivity index (χ4v) is 1.58. The van der Waals surface area contributed by atoms with Crippen molar-refractivity contribution in [2.45, 2.75) is 32.1 Å². The highest BCUT2D eigenvalue weighted by molar-refractivity contribution is 5.59. The Kier molecular flexibility index (Phi) is 3.91. The van der Waals surface area contributed by atoms with Gasteiger partial charge in [-0.15, -0.1) is 0 Å². The first-order valence-electron chi connectivity index (χ1n) is 4.41. The normalized spacial score (nSPS) is 18.8. The van der Waals surface area contributed by atoms with Gasteiger partial charge in [0.25, 0.3) is 0 Å². The van der Waals surface area contributed by atoms with Crippen molar-refractivity contribution in [1.29, 1.82) is 0 Å². The molecule has 1 fully saturated rings. The monoisotopic (exact) mass is 171 g/mol. The molecule has 0 aromatic rings. The van der Waals surface area contributed by atoms with Gasteiger partial charge in [0.2, 0.25) is 0 Å². The maximum absolute atomic E-state index is 10.5. The lowest BCUT2D eigenvalue weighted by molar-refractivity contribution is 0.0631. The van der Waals surface area contributed by atoms with E-state index in [9.17, 15) is 4.79 Å². The second-order valence-corrected chi connectivity index (χ2v) is 3.21. The van der Waals surface area contributed by atoms with Crippen LogP contribution in [0.3, 0.4) is 0 Å². The molecule has 0 aliphatic heterocycles. The number of carbonyl (C=O) groups is 1. The summed E-state index contributed by atoms with van der Waals surface area (Å²) in [5.41, 5.74) is 0. The van der Waals surface area contributed by atoms with E-state index in [1.165, 1.54) is 32.1 Å². The molecule has 12 heavy (non-hydrogen) atoms. The van der Waals surface area contributed by atoms with Crippen molar-refractivity contribution in [3.05, 3.63) is 7.11 Å². The van der Waals surface area contributed by atoms with Gasteiger partial charge in [-0.2, -0.15) is 0 Å². The van der Waals surface area contributed by atoms with Gasteiger partial charge in [-0.25, -0.2) is 4.79 Å². The van der Waals surface area contributed by atoms with E-state index in [-0.39, 0.29) is 0 Å². The fourth-order valence-electron chi connectivity index (χ4n) is 1.58. The van der Waals surface area contributed by atoms with Crippen LogP contribution in [0.25, 0.3) is 0 Å². The molecule has 0 atom stereocenters. The Morgan fingerprint density at radius 1 is 1.33 bits per heavy atom. The van der Waals surface area contributed by atoms with Crippen LogP contribution in [0.2, 0.25) is 0 Å². The van der Waals surface area contributed by atoms with Crippen molar-refractivity contribution >= 4 is 6.16 Å². The predicted octanol–water partition coefficient (Wildman–Crippen LogP) is 2.51. The minimum atomic E-state index is -0.666. The Morgan fingerprint density at radius 3 is 2.58 bits per heavy atom. The minimum Gasteiger partial charge on any atom is -0.434 e. The highest BCUT2D eigenvalue weighted by Gasteiger charge is 2.15. The molecule has 0 amide bonds. The standard InChI is InChI=1S/C9H15O3/c1-11-9(10)12-7-8-5-3-2-4-6-8/h8H,1-7H2. The smallest absolute Gasteiger partial charge is 0.434 e. The van der Waals surface area contributed by atoms with E-state index < -0.39 is 6.16 Å². The molecule has 0 bridgehead atoms. The minimum absolute atomic E-state index is 0.494. The van der Waals surface area contributed by atoms with Gasteiger partial charge in [-0.3, -0.25) is 0 Å². The van der Waals surface area contributed by atoms with E-state index in [2.05, 4.69) is 11.8 Å². The summed E-state index contributed by atoms with van der Waals surface area (Å²) in [6.45, 7) is 0.494. The molecule has 1 aliphatic carbocycles. The van der Waals surface area contributed by atoms with E-state index in [1.54, 1.807) is 0 Å². The molecule has 1 saturated carbocycles. The van der Waals surface area contributed by atoms with E-state index in [0.717, 1.165) is 0 Å². The molecule has 0 N–H and O–H groups in total. The summed E-state index contributed by atoms with van der Waals surface area (Å²) >= 11 is 0. The summed E-state index contributed by atoms with van der Waals surface area (Å²) in [7, 11) is 2.97. The van der Waals surface area contributed by atoms with Crippen LogP contribution in [0.5, 0.6) is 0 Å². The summed E-state index contributed by atoms with van der Waals surface area (Å²) in [6.07, 6.45) is 5.51. The van der Waals surface area contributed by atoms with Gasteiger partial charge in [0.05, 0.1) is 6.61 Å². The fraction of sp³-hybridized carbons (Fsp3) is 0.778. The Bertz CT molecular complexity index is 139. The summed E-state index contributed by atoms with van der Waals surface area (Å²) in [4.78, 5) is 10.5. The van der Waals surface area contributed by atoms with Crippen LogP contribution >= 0.6 is 0 Å². The van der Waals surface area contributed by atoms with E-state index in [1.807, 2.05) is 0 Å². The van der Waals surface area contributed by atoms with Gasteiger partial charge in [-0.05, 0) is 18.8 Å². The average Bonchev–Trinajstić information content (AvgIpc) is 2.16. The molecule has 69 valence electrons. The van der Waals surface area contributed by atoms with E-state index in [0.29, 0.717) is 12.5 Å². The lowest BCUT2D eigenvalue weighted by Crippen LogP contribution is -2.16. The number of hydrogen-bond donors (Lipinski definition) is 0. The maximum Gasteiger partial charge on any atom is 0.508 e. The van der Waals surface area contributed by atoms with Gasteiger partial charge in [0.15, 0.2) is 0 Å². The molecular weight excluding hydrogens is 156 g/mol. The molecule has 1 rings (SSSR count). The topological polar surface area (TPSA) is 35.5 Å². The average molecular weight is 171 g/mol. The van der Waals surface area contributed by atoms with Crippen LogP contribution in [0, 0.1) is 13.0 Å². The Morgan fingerprint density at radius 2 is 2.00 bits per heavy atom. The SMILES string of the molecule is [CH2]OC(=O)OCC1CCCCC1. The van der Waals surface area contributed by atoms with Crippen LogP contribution in [-0.2, 0) is 9.47 Å². The maximum atomic E-state index is 10.5. The molecule has 1 aliphatic rings. The lowest BCUT2D eigenvalue weighted by atomic mass is 9.90. The number of carbonyl (C=O) groups excluding carboxylic acids is 1. The van der Waals surface area contributed by atoms with Crippen LogP contribution in [0.15, 0.2) is 0 Å². The number of hydrogen-bond acceptors (Lipinski definition) is 3. The van der Waals surface area contributed by atoms with Gasteiger partial charge in [0, 0.05) is 0 Å². The third-order valence-electron chi connectivity index (χ3n) is 2.28. The quantitative estimate of drug-likeness (QED) is 0.599. The first-order valence-corrected chi connectivity index (χ1v) is 4.41. The molecule has 3 nitrogen and oxygen atoms in total. The zero-order valence-corrected chi connectivity index (χ0v) is 7.25. The first-order chi connectivity index (χ1) is 5.83. The van der Waals surface area contributed by atoms with Crippen LogP contribution in [0.1, 0.15) is 32.1 Å². The van der Waals surface area contributed by atoms with Gasteiger partial charge in [0.1, 0.15) is 7.11 Å². The van der Waals surface area contributed by atoms with Crippen LogP contribution in [0.4, 0.5) is 4.79 Å². The zero-order valence-electron chi connectivity index (χ0n) is 7.25. The second-order valence-electron chi connectivity index (χ2n) is 3.21. The number of rotatable bonds is 2. The predicted molar refractivity (Wildman–Crippen MR) is 44.4 cm³/mol. The second kappa shape index (κ2) is 5.01.